The van der Waals surface area contributed by atoms with Crippen LogP contribution in [0.15, 0.2) is 22.6 Å². The van der Waals surface area contributed by atoms with Crippen LogP contribution in [0.3, 0.4) is 0 Å². The van der Waals surface area contributed by atoms with Crippen LogP contribution in [0.1, 0.15) is 42.3 Å². The van der Waals surface area contributed by atoms with Crippen LogP contribution in [-0.4, -0.2) is 48.9 Å². The average molecular weight is 392 g/mol. The number of carbonyl (C=O) groups excluding carboxylic acids is 2. The zero-order valence-corrected chi connectivity index (χ0v) is 16.6. The van der Waals surface area contributed by atoms with Crippen molar-refractivity contribution in [3.8, 4) is 0 Å². The van der Waals surface area contributed by atoms with Gasteiger partial charge in [-0.05, 0) is 44.4 Å². The summed E-state index contributed by atoms with van der Waals surface area (Å²) in [4.78, 5) is 26.6. The topological polar surface area (TPSA) is 74.6 Å². The molecule has 0 radical (unpaired) electrons. The number of benzene rings is 1. The van der Waals surface area contributed by atoms with Crippen LogP contribution in [-0.2, 0) is 4.79 Å². The molecule has 1 aliphatic heterocycles. The molecule has 2 heterocycles. The van der Waals surface area contributed by atoms with E-state index in [0.29, 0.717) is 29.5 Å². The second-order valence-corrected chi connectivity index (χ2v) is 7.51. The number of likely N-dealkylation sites (tertiary alicyclic amines) is 1. The molecular weight excluding hydrogens is 366 g/mol. The number of hydrogen-bond acceptors (Lipinski definition) is 4. The summed E-state index contributed by atoms with van der Waals surface area (Å²) in [5.41, 5.74) is 1.46. The fraction of sp³-hybridized carbons (Fsp3) is 0.500. The molecular formula is C20H26ClN3O3. The van der Waals surface area contributed by atoms with Gasteiger partial charge in [-0.15, -0.1) is 0 Å². The Hall–Kier alpha value is -2.05. The Labute approximate surface area is 164 Å². The highest BCUT2D eigenvalue weighted by Crippen LogP contribution is 2.28. The molecule has 0 saturated carbocycles. The first-order valence-electron chi connectivity index (χ1n) is 9.46. The number of nitrogens with one attached hydrogen (secondary N) is 2. The van der Waals surface area contributed by atoms with Crippen LogP contribution in [0.4, 0.5) is 0 Å². The lowest BCUT2D eigenvalue weighted by atomic mass is 10.0. The third kappa shape index (κ3) is 4.82. The number of amides is 2. The van der Waals surface area contributed by atoms with Gasteiger partial charge in [0.1, 0.15) is 5.58 Å². The second-order valence-electron chi connectivity index (χ2n) is 7.07. The van der Waals surface area contributed by atoms with Crippen molar-refractivity contribution in [2.45, 2.75) is 39.2 Å². The van der Waals surface area contributed by atoms with Gasteiger partial charge >= 0.3 is 0 Å². The van der Waals surface area contributed by atoms with Crippen LogP contribution in [0.2, 0.25) is 5.02 Å². The number of carbonyl (C=O) groups is 2. The zero-order valence-electron chi connectivity index (χ0n) is 15.8. The minimum Gasteiger partial charge on any atom is -0.451 e. The van der Waals surface area contributed by atoms with Crippen LogP contribution >= 0.6 is 11.6 Å². The molecule has 1 saturated heterocycles. The molecule has 0 spiro atoms. The highest BCUT2D eigenvalue weighted by Gasteiger charge is 2.25. The van der Waals surface area contributed by atoms with Gasteiger partial charge in [-0.3, -0.25) is 14.5 Å². The van der Waals surface area contributed by atoms with Gasteiger partial charge in [0.05, 0.1) is 6.54 Å². The molecule has 1 aliphatic rings. The van der Waals surface area contributed by atoms with Crippen LogP contribution in [0.5, 0.6) is 0 Å². The molecule has 2 N–H and O–H groups in total. The van der Waals surface area contributed by atoms with Crippen molar-refractivity contribution in [1.82, 2.24) is 15.5 Å². The summed E-state index contributed by atoms with van der Waals surface area (Å²) in [5, 5.41) is 7.44. The highest BCUT2D eigenvalue weighted by atomic mass is 35.5. The molecule has 0 bridgehead atoms. The lowest BCUT2D eigenvalue weighted by molar-refractivity contribution is -0.122. The minimum absolute atomic E-state index is 0.0656. The third-order valence-electron chi connectivity index (χ3n) is 4.97. The van der Waals surface area contributed by atoms with E-state index in [4.69, 9.17) is 16.0 Å². The summed E-state index contributed by atoms with van der Waals surface area (Å²) < 4.78 is 5.73. The fourth-order valence-corrected chi connectivity index (χ4v) is 3.59. The van der Waals surface area contributed by atoms with Gasteiger partial charge in [0.15, 0.2) is 5.76 Å². The Bertz CT molecular complexity index is 825. The van der Waals surface area contributed by atoms with Gasteiger partial charge in [0.25, 0.3) is 5.91 Å². The van der Waals surface area contributed by atoms with Gasteiger partial charge in [-0.25, -0.2) is 0 Å². The molecule has 27 heavy (non-hydrogen) atoms. The van der Waals surface area contributed by atoms with Gasteiger partial charge < -0.3 is 15.1 Å². The lowest BCUT2D eigenvalue weighted by Gasteiger charge is -2.31. The average Bonchev–Trinajstić information content (AvgIpc) is 2.98. The van der Waals surface area contributed by atoms with Crippen molar-refractivity contribution < 1.29 is 14.0 Å². The summed E-state index contributed by atoms with van der Waals surface area (Å²) in [6, 6.07) is 5.43. The number of rotatable bonds is 6. The van der Waals surface area contributed by atoms with Crippen molar-refractivity contribution in [2.75, 3.05) is 26.2 Å². The summed E-state index contributed by atoms with van der Waals surface area (Å²) in [6.07, 6.45) is 2.57. The Morgan fingerprint density at radius 3 is 2.74 bits per heavy atom. The number of hydrogen-bond donors (Lipinski definition) is 2. The normalized spacial score (nSPS) is 15.8. The minimum atomic E-state index is -0.195. The summed E-state index contributed by atoms with van der Waals surface area (Å²) in [6.45, 7) is 6.62. The lowest BCUT2D eigenvalue weighted by Crippen LogP contribution is -2.47. The quantitative estimate of drug-likeness (QED) is 0.793. The summed E-state index contributed by atoms with van der Waals surface area (Å²) in [7, 11) is 0. The highest BCUT2D eigenvalue weighted by molar-refractivity contribution is 6.31. The molecule has 3 rings (SSSR count). The molecule has 2 aromatic rings. The van der Waals surface area contributed by atoms with Crippen LogP contribution in [0, 0.1) is 6.92 Å². The molecule has 0 aliphatic carbocycles. The fourth-order valence-electron chi connectivity index (χ4n) is 3.42. The van der Waals surface area contributed by atoms with E-state index in [1.54, 1.807) is 12.1 Å². The maximum Gasteiger partial charge on any atom is 0.287 e. The maximum atomic E-state index is 12.7. The van der Waals surface area contributed by atoms with E-state index in [1.807, 2.05) is 19.9 Å². The van der Waals surface area contributed by atoms with E-state index in [9.17, 15) is 9.59 Å². The van der Waals surface area contributed by atoms with Crippen molar-refractivity contribution in [3.63, 3.8) is 0 Å². The SMILES string of the molecule is CCCNC(=O)CN1CCC(NC(=O)c2oc3ccc(Cl)cc3c2C)CC1. The van der Waals surface area contributed by atoms with E-state index in [2.05, 4.69) is 15.5 Å². The van der Waals surface area contributed by atoms with E-state index >= 15 is 0 Å². The Morgan fingerprint density at radius 1 is 1.30 bits per heavy atom. The largest absolute Gasteiger partial charge is 0.451 e. The van der Waals surface area contributed by atoms with Gasteiger partial charge in [0.2, 0.25) is 5.91 Å². The molecule has 1 aromatic carbocycles. The molecule has 146 valence electrons. The monoisotopic (exact) mass is 391 g/mol. The molecule has 0 unspecified atom stereocenters. The molecule has 7 heteroatoms. The Kier molecular flexibility index (Phi) is 6.39. The zero-order chi connectivity index (χ0) is 19.4. The van der Waals surface area contributed by atoms with Crippen molar-refractivity contribution >= 4 is 34.4 Å². The van der Waals surface area contributed by atoms with Gasteiger partial charge in [-0.2, -0.15) is 0 Å². The van der Waals surface area contributed by atoms with E-state index in [0.717, 1.165) is 43.3 Å². The first-order chi connectivity index (χ1) is 13.0. The first-order valence-corrected chi connectivity index (χ1v) is 9.84. The maximum absolute atomic E-state index is 12.7. The number of aryl methyl sites for hydroxylation is 1. The molecule has 1 fully saturated rings. The molecule has 0 atom stereocenters. The number of piperidine rings is 1. The number of halogens is 1. The molecule has 2 amide bonds. The Balaban J connectivity index is 1.54. The number of fused-ring (bicyclic) bond motifs is 1. The summed E-state index contributed by atoms with van der Waals surface area (Å²) >= 11 is 6.04. The summed E-state index contributed by atoms with van der Waals surface area (Å²) in [5.74, 6) is 0.212. The molecule has 1 aromatic heterocycles. The van der Waals surface area contributed by atoms with E-state index < -0.39 is 0 Å². The van der Waals surface area contributed by atoms with Gasteiger partial charge in [-0.1, -0.05) is 18.5 Å². The van der Waals surface area contributed by atoms with Crippen molar-refractivity contribution in [3.05, 3.63) is 34.5 Å². The Morgan fingerprint density at radius 2 is 2.04 bits per heavy atom. The predicted octanol–water partition coefficient (Wildman–Crippen LogP) is 3.12. The molecule has 6 nitrogen and oxygen atoms in total. The smallest absolute Gasteiger partial charge is 0.287 e. The number of nitrogens with zero attached hydrogens (tertiary/aromatic N) is 1. The van der Waals surface area contributed by atoms with Crippen LogP contribution in [0.25, 0.3) is 11.0 Å². The number of furan rings is 1. The van der Waals surface area contributed by atoms with Crippen LogP contribution < -0.4 is 10.6 Å². The third-order valence-corrected chi connectivity index (χ3v) is 5.20. The van der Waals surface area contributed by atoms with Crippen molar-refractivity contribution in [2.24, 2.45) is 0 Å². The van der Waals surface area contributed by atoms with E-state index in [1.165, 1.54) is 0 Å². The predicted molar refractivity (Wildman–Crippen MR) is 106 cm³/mol. The van der Waals surface area contributed by atoms with Gasteiger partial charge in [0, 0.05) is 41.6 Å². The first kappa shape index (κ1) is 19.7. The van der Waals surface area contributed by atoms with Crippen molar-refractivity contribution in [1.29, 1.82) is 0 Å². The second kappa shape index (κ2) is 8.76. The standard InChI is InChI=1S/C20H26ClN3O3/c1-3-8-22-18(25)12-24-9-6-15(7-10-24)23-20(26)19-13(2)16-11-14(21)4-5-17(16)27-19/h4-5,11,15H,3,6-10,12H2,1-2H3,(H,22,25)(H,23,26). The van der Waals surface area contributed by atoms with E-state index in [-0.39, 0.29) is 17.9 Å².